The number of carbonyl (C=O) groups is 1. The number of ether oxygens (including phenoxy) is 1. The molecule has 2 aromatic rings. The molecule has 25 heavy (non-hydrogen) atoms. The molecule has 2 fully saturated rings. The van der Waals surface area contributed by atoms with Crippen molar-refractivity contribution in [2.75, 3.05) is 24.6 Å². The summed E-state index contributed by atoms with van der Waals surface area (Å²) >= 11 is 0. The average Bonchev–Trinajstić information content (AvgIpc) is 3.30. The highest BCUT2D eigenvalue weighted by Gasteiger charge is 2.44. The Morgan fingerprint density at radius 1 is 1.32 bits per heavy atom. The molecule has 0 unspecified atom stereocenters. The van der Waals surface area contributed by atoms with E-state index in [0.717, 1.165) is 30.2 Å². The van der Waals surface area contributed by atoms with Gasteiger partial charge in [0, 0.05) is 25.6 Å². The molecule has 3 atom stereocenters. The van der Waals surface area contributed by atoms with Crippen LogP contribution in [0.3, 0.4) is 0 Å². The molecule has 0 saturated carbocycles. The normalized spacial score (nSPS) is 25.6. The number of aryl methyl sites for hydroxylation is 1. The maximum Gasteiger partial charge on any atom is 0.225 e. The first-order valence-corrected chi connectivity index (χ1v) is 8.67. The average molecular weight is 342 g/mol. The molecule has 132 valence electrons. The second-order valence-corrected chi connectivity index (χ2v) is 6.70. The maximum absolute atomic E-state index is 12.8. The van der Waals surface area contributed by atoms with Crippen LogP contribution in [0.15, 0.2) is 34.9 Å². The predicted molar refractivity (Wildman–Crippen MR) is 90.9 cm³/mol. The van der Waals surface area contributed by atoms with E-state index in [-0.39, 0.29) is 23.8 Å². The Hall–Kier alpha value is -2.41. The van der Waals surface area contributed by atoms with Gasteiger partial charge in [0.15, 0.2) is 5.82 Å². The maximum atomic E-state index is 12.8. The third-order valence-corrected chi connectivity index (χ3v) is 5.06. The van der Waals surface area contributed by atoms with Crippen molar-refractivity contribution in [3.63, 3.8) is 0 Å². The lowest BCUT2D eigenvalue weighted by Crippen LogP contribution is -2.53. The summed E-state index contributed by atoms with van der Waals surface area (Å²) in [6.45, 7) is 4.42. The fourth-order valence-electron chi connectivity index (χ4n) is 3.72. The lowest BCUT2D eigenvalue weighted by molar-refractivity contribution is -0.128. The number of amides is 1. The molecule has 0 spiro atoms. The van der Waals surface area contributed by atoms with Gasteiger partial charge in [0.25, 0.3) is 0 Å². The van der Waals surface area contributed by atoms with E-state index in [9.17, 15) is 4.79 Å². The molecular weight excluding hydrogens is 320 g/mol. The summed E-state index contributed by atoms with van der Waals surface area (Å²) in [5.41, 5.74) is 0.878. The van der Waals surface area contributed by atoms with Crippen LogP contribution in [0, 0.1) is 18.8 Å². The Bertz CT molecular complexity index is 716. The molecule has 4 heterocycles. The van der Waals surface area contributed by atoms with Crippen molar-refractivity contribution in [2.24, 2.45) is 11.8 Å². The minimum absolute atomic E-state index is 0.0432. The van der Waals surface area contributed by atoms with Gasteiger partial charge in [-0.1, -0.05) is 0 Å². The van der Waals surface area contributed by atoms with Gasteiger partial charge in [0.05, 0.1) is 30.5 Å². The van der Waals surface area contributed by atoms with Crippen molar-refractivity contribution in [3.05, 3.63) is 42.0 Å². The van der Waals surface area contributed by atoms with Crippen LogP contribution < -0.4 is 10.2 Å². The fourth-order valence-corrected chi connectivity index (χ4v) is 3.72. The van der Waals surface area contributed by atoms with E-state index in [4.69, 9.17) is 9.15 Å². The van der Waals surface area contributed by atoms with Gasteiger partial charge in [-0.2, -0.15) is 5.10 Å². The molecule has 2 aromatic heterocycles. The lowest BCUT2D eigenvalue weighted by Gasteiger charge is -2.39. The number of carbonyl (C=O) groups excluding carboxylic acids is 1. The third-order valence-electron chi connectivity index (χ3n) is 5.06. The Labute approximate surface area is 146 Å². The van der Waals surface area contributed by atoms with Gasteiger partial charge < -0.3 is 19.4 Å². The minimum atomic E-state index is -0.126. The molecule has 1 amide bonds. The number of anilines is 1. The zero-order valence-electron chi connectivity index (χ0n) is 14.2. The fraction of sp³-hybridized carbons (Fsp3) is 0.500. The van der Waals surface area contributed by atoms with Crippen LogP contribution in [0.4, 0.5) is 5.82 Å². The smallest absolute Gasteiger partial charge is 0.225 e. The molecule has 1 N–H and O–H groups in total. The van der Waals surface area contributed by atoms with Gasteiger partial charge in [0.1, 0.15) is 5.76 Å². The second-order valence-electron chi connectivity index (χ2n) is 6.70. The molecule has 0 radical (unpaired) electrons. The molecular formula is C18H22N4O3. The lowest BCUT2D eigenvalue weighted by atomic mass is 9.82. The number of rotatable bonds is 4. The molecule has 2 aliphatic rings. The van der Waals surface area contributed by atoms with Gasteiger partial charge in [0.2, 0.25) is 5.91 Å². The van der Waals surface area contributed by atoms with Crippen LogP contribution in [-0.4, -0.2) is 41.9 Å². The first-order valence-electron chi connectivity index (χ1n) is 8.67. The molecule has 4 rings (SSSR count). The molecule has 2 saturated heterocycles. The second kappa shape index (κ2) is 6.84. The van der Waals surface area contributed by atoms with E-state index in [1.807, 2.05) is 31.2 Å². The van der Waals surface area contributed by atoms with E-state index in [1.54, 1.807) is 6.26 Å². The number of hydrogen-bond acceptors (Lipinski definition) is 6. The Balaban J connectivity index is 1.48. The van der Waals surface area contributed by atoms with Gasteiger partial charge >= 0.3 is 0 Å². The molecule has 0 aromatic carbocycles. The van der Waals surface area contributed by atoms with Crippen LogP contribution in [0.1, 0.15) is 17.9 Å². The van der Waals surface area contributed by atoms with Crippen molar-refractivity contribution >= 4 is 11.7 Å². The number of piperidine rings is 1. The van der Waals surface area contributed by atoms with Crippen molar-refractivity contribution < 1.29 is 13.9 Å². The van der Waals surface area contributed by atoms with E-state index in [1.165, 1.54) is 0 Å². The minimum Gasteiger partial charge on any atom is -0.467 e. The molecule has 0 aliphatic carbocycles. The third kappa shape index (κ3) is 3.37. The van der Waals surface area contributed by atoms with Gasteiger partial charge in [-0.3, -0.25) is 4.79 Å². The van der Waals surface area contributed by atoms with Crippen LogP contribution in [0.25, 0.3) is 0 Å². The topological polar surface area (TPSA) is 80.5 Å². The number of nitrogens with one attached hydrogen (secondary N) is 1. The molecule has 7 nitrogen and oxygen atoms in total. The summed E-state index contributed by atoms with van der Waals surface area (Å²) < 4.78 is 11.2. The highest BCUT2D eigenvalue weighted by atomic mass is 16.5. The van der Waals surface area contributed by atoms with Crippen molar-refractivity contribution in [1.82, 2.24) is 15.5 Å². The number of furan rings is 1. The van der Waals surface area contributed by atoms with Crippen LogP contribution in [-0.2, 0) is 16.1 Å². The highest BCUT2D eigenvalue weighted by molar-refractivity contribution is 5.80. The largest absolute Gasteiger partial charge is 0.467 e. The van der Waals surface area contributed by atoms with E-state index in [0.29, 0.717) is 19.7 Å². The van der Waals surface area contributed by atoms with Crippen LogP contribution in [0.2, 0.25) is 0 Å². The zero-order valence-corrected chi connectivity index (χ0v) is 14.2. The standard InChI is InChI=1S/C18H22N4O3/c1-12-4-5-17(21-20-12)22-10-15(14-6-8-25-16(14)11-22)18(23)19-9-13-3-2-7-24-13/h2-5,7,14-16H,6,8-11H2,1H3,(H,19,23)/t14-,15+,16+/m0/s1. The monoisotopic (exact) mass is 342 g/mol. The number of aromatic nitrogens is 2. The molecule has 2 aliphatic heterocycles. The van der Waals surface area contributed by atoms with Crippen LogP contribution in [0.5, 0.6) is 0 Å². The van der Waals surface area contributed by atoms with Crippen molar-refractivity contribution in [2.45, 2.75) is 26.0 Å². The van der Waals surface area contributed by atoms with Gasteiger partial charge in [-0.25, -0.2) is 0 Å². The van der Waals surface area contributed by atoms with Crippen molar-refractivity contribution in [3.8, 4) is 0 Å². The quantitative estimate of drug-likeness (QED) is 0.908. The molecule has 0 bridgehead atoms. The summed E-state index contributed by atoms with van der Waals surface area (Å²) in [7, 11) is 0. The summed E-state index contributed by atoms with van der Waals surface area (Å²) in [5.74, 6) is 1.72. The Kier molecular flexibility index (Phi) is 4.40. The first kappa shape index (κ1) is 16.1. The first-order chi connectivity index (χ1) is 12.2. The Morgan fingerprint density at radius 3 is 3.00 bits per heavy atom. The van der Waals surface area contributed by atoms with Gasteiger partial charge in [-0.05, 0) is 37.6 Å². The summed E-state index contributed by atoms with van der Waals surface area (Å²) in [4.78, 5) is 14.9. The van der Waals surface area contributed by atoms with Crippen molar-refractivity contribution in [1.29, 1.82) is 0 Å². The molecule has 7 heteroatoms. The SMILES string of the molecule is Cc1ccc(N2C[C@H]3OCC[C@H]3[C@H](C(=O)NCc3ccco3)C2)nn1. The number of nitrogens with zero attached hydrogens (tertiary/aromatic N) is 3. The summed E-state index contributed by atoms with van der Waals surface area (Å²) in [6.07, 6.45) is 2.61. The van der Waals surface area contributed by atoms with E-state index in [2.05, 4.69) is 20.4 Å². The van der Waals surface area contributed by atoms with E-state index < -0.39 is 0 Å². The van der Waals surface area contributed by atoms with Crippen LogP contribution >= 0.6 is 0 Å². The zero-order chi connectivity index (χ0) is 17.2. The highest BCUT2D eigenvalue weighted by Crippen LogP contribution is 2.35. The predicted octanol–water partition coefficient (Wildman–Crippen LogP) is 1.54. The Morgan fingerprint density at radius 2 is 2.24 bits per heavy atom. The summed E-state index contributed by atoms with van der Waals surface area (Å²) in [6, 6.07) is 7.57. The number of fused-ring (bicyclic) bond motifs is 1. The van der Waals surface area contributed by atoms with E-state index >= 15 is 0 Å². The number of hydrogen-bond donors (Lipinski definition) is 1. The summed E-state index contributed by atoms with van der Waals surface area (Å²) in [5, 5.41) is 11.4. The van der Waals surface area contributed by atoms with Gasteiger partial charge in [-0.15, -0.1) is 5.10 Å².